The molecule has 0 spiro atoms. The molecule has 1 unspecified atom stereocenters. The van der Waals surface area contributed by atoms with E-state index in [0.717, 1.165) is 30.6 Å². The minimum Gasteiger partial charge on any atom is -0.376 e. The summed E-state index contributed by atoms with van der Waals surface area (Å²) < 4.78 is 5.71. The first-order valence-corrected chi connectivity index (χ1v) is 9.45. The van der Waals surface area contributed by atoms with Crippen LogP contribution in [-0.2, 0) is 16.1 Å². The quantitative estimate of drug-likeness (QED) is 0.751. The van der Waals surface area contributed by atoms with Crippen LogP contribution in [0.25, 0.3) is 6.08 Å². The maximum Gasteiger partial charge on any atom is 0.251 e. The third kappa shape index (κ3) is 5.50. The monoisotopic (exact) mass is 379 g/mol. The van der Waals surface area contributed by atoms with Gasteiger partial charge in [-0.25, -0.2) is 0 Å². The summed E-state index contributed by atoms with van der Waals surface area (Å²) >= 11 is 0. The van der Waals surface area contributed by atoms with Gasteiger partial charge in [-0.15, -0.1) is 0 Å². The number of nitrogens with zero attached hydrogens (tertiary/aromatic N) is 2. The molecule has 1 aromatic carbocycles. The number of benzene rings is 1. The number of carbonyl (C=O) groups excluding carboxylic acids is 2. The highest BCUT2D eigenvalue weighted by molar-refractivity contribution is 5.94. The maximum atomic E-state index is 12.8. The molecule has 0 bridgehead atoms. The fourth-order valence-corrected chi connectivity index (χ4v) is 3.14. The van der Waals surface area contributed by atoms with Crippen LogP contribution in [0.4, 0.5) is 0 Å². The Hall–Kier alpha value is -2.99. The summed E-state index contributed by atoms with van der Waals surface area (Å²) in [7, 11) is 1.60. The largest absolute Gasteiger partial charge is 0.376 e. The van der Waals surface area contributed by atoms with Crippen molar-refractivity contribution in [2.75, 3.05) is 20.2 Å². The van der Waals surface area contributed by atoms with Crippen LogP contribution in [-0.4, -0.2) is 48.0 Å². The van der Waals surface area contributed by atoms with Gasteiger partial charge in [-0.3, -0.25) is 14.6 Å². The van der Waals surface area contributed by atoms with Gasteiger partial charge in [0, 0.05) is 50.8 Å². The minimum atomic E-state index is -0.134. The number of hydrogen-bond acceptors (Lipinski definition) is 4. The molecule has 146 valence electrons. The summed E-state index contributed by atoms with van der Waals surface area (Å²) in [5.74, 6) is -0.208. The molecule has 0 aliphatic carbocycles. The molecular weight excluding hydrogens is 354 g/mol. The van der Waals surface area contributed by atoms with Gasteiger partial charge in [0.1, 0.15) is 0 Å². The van der Waals surface area contributed by atoms with E-state index in [0.29, 0.717) is 18.7 Å². The Morgan fingerprint density at radius 3 is 2.75 bits per heavy atom. The van der Waals surface area contributed by atoms with E-state index < -0.39 is 0 Å². The van der Waals surface area contributed by atoms with Crippen molar-refractivity contribution in [1.29, 1.82) is 0 Å². The van der Waals surface area contributed by atoms with E-state index in [4.69, 9.17) is 4.74 Å². The lowest BCUT2D eigenvalue weighted by Gasteiger charge is -2.24. The molecule has 6 nitrogen and oxygen atoms in total. The Labute approximate surface area is 165 Å². The smallest absolute Gasteiger partial charge is 0.251 e. The lowest BCUT2D eigenvalue weighted by molar-refractivity contribution is -0.128. The minimum absolute atomic E-state index is 0.0743. The van der Waals surface area contributed by atoms with Crippen molar-refractivity contribution in [2.24, 2.45) is 0 Å². The lowest BCUT2D eigenvalue weighted by Crippen LogP contribution is -2.35. The molecule has 1 fully saturated rings. The van der Waals surface area contributed by atoms with Crippen LogP contribution < -0.4 is 5.32 Å². The van der Waals surface area contributed by atoms with Crippen LogP contribution in [0, 0.1) is 0 Å². The van der Waals surface area contributed by atoms with E-state index in [1.807, 2.05) is 24.3 Å². The summed E-state index contributed by atoms with van der Waals surface area (Å²) in [4.78, 5) is 30.4. The average Bonchev–Trinajstić information content (AvgIpc) is 3.25. The third-order valence-corrected chi connectivity index (χ3v) is 4.67. The Morgan fingerprint density at radius 2 is 2.11 bits per heavy atom. The number of rotatable bonds is 7. The van der Waals surface area contributed by atoms with Crippen molar-refractivity contribution in [2.45, 2.75) is 25.5 Å². The summed E-state index contributed by atoms with van der Waals surface area (Å²) in [6, 6.07) is 10.9. The molecule has 2 amide bonds. The van der Waals surface area contributed by atoms with Crippen molar-refractivity contribution in [3.63, 3.8) is 0 Å². The topological polar surface area (TPSA) is 71.5 Å². The standard InChI is InChI=1S/C22H25N3O3/c1-23-22(27)19-9-6-17(7-10-19)8-11-21(26)25(16-20-5-3-13-28-20)15-18-4-2-12-24-14-18/h2,4,6-12,14,20H,3,5,13,15-16H2,1H3,(H,23,27)/b11-8+. The van der Waals surface area contributed by atoms with Gasteiger partial charge in [-0.1, -0.05) is 18.2 Å². The zero-order chi connectivity index (χ0) is 19.8. The molecule has 1 saturated heterocycles. The number of carbonyl (C=O) groups is 2. The summed E-state index contributed by atoms with van der Waals surface area (Å²) in [6.45, 7) is 1.81. The fourth-order valence-electron chi connectivity index (χ4n) is 3.14. The molecule has 1 aliphatic rings. The SMILES string of the molecule is CNC(=O)c1ccc(/C=C/C(=O)N(Cc2cccnc2)CC2CCCO2)cc1. The average molecular weight is 379 g/mol. The van der Waals surface area contributed by atoms with E-state index in [-0.39, 0.29) is 17.9 Å². The van der Waals surface area contributed by atoms with Crippen molar-refractivity contribution in [1.82, 2.24) is 15.2 Å². The zero-order valence-corrected chi connectivity index (χ0v) is 16.0. The molecule has 2 aromatic rings. The Kier molecular flexibility index (Phi) is 6.92. The van der Waals surface area contributed by atoms with E-state index >= 15 is 0 Å². The van der Waals surface area contributed by atoms with Crippen LogP contribution in [0.5, 0.6) is 0 Å². The third-order valence-electron chi connectivity index (χ3n) is 4.67. The van der Waals surface area contributed by atoms with E-state index in [1.165, 1.54) is 0 Å². The molecular formula is C22H25N3O3. The van der Waals surface area contributed by atoms with Crippen molar-refractivity contribution >= 4 is 17.9 Å². The van der Waals surface area contributed by atoms with Crippen molar-refractivity contribution in [3.05, 3.63) is 71.6 Å². The molecule has 0 saturated carbocycles. The Morgan fingerprint density at radius 1 is 1.29 bits per heavy atom. The first-order valence-electron chi connectivity index (χ1n) is 9.45. The van der Waals surface area contributed by atoms with Crippen LogP contribution >= 0.6 is 0 Å². The molecule has 1 aliphatic heterocycles. The number of ether oxygens (including phenoxy) is 1. The van der Waals surface area contributed by atoms with Crippen LogP contribution in [0.3, 0.4) is 0 Å². The van der Waals surface area contributed by atoms with Crippen molar-refractivity contribution < 1.29 is 14.3 Å². The number of nitrogens with one attached hydrogen (secondary N) is 1. The highest BCUT2D eigenvalue weighted by Gasteiger charge is 2.21. The molecule has 3 rings (SSSR count). The van der Waals surface area contributed by atoms with E-state index in [1.54, 1.807) is 48.6 Å². The second-order valence-electron chi connectivity index (χ2n) is 6.75. The zero-order valence-electron chi connectivity index (χ0n) is 16.0. The summed E-state index contributed by atoms with van der Waals surface area (Å²) in [5, 5.41) is 2.59. The van der Waals surface area contributed by atoms with Gasteiger partial charge in [0.15, 0.2) is 0 Å². The van der Waals surface area contributed by atoms with Gasteiger partial charge in [-0.05, 0) is 48.2 Å². The second-order valence-corrected chi connectivity index (χ2v) is 6.75. The molecule has 2 heterocycles. The highest BCUT2D eigenvalue weighted by atomic mass is 16.5. The van der Waals surface area contributed by atoms with Gasteiger partial charge in [0.2, 0.25) is 5.91 Å². The van der Waals surface area contributed by atoms with Crippen molar-refractivity contribution in [3.8, 4) is 0 Å². The van der Waals surface area contributed by atoms with E-state index in [2.05, 4.69) is 10.3 Å². The Balaban J connectivity index is 1.68. The first kappa shape index (κ1) is 19.8. The lowest BCUT2D eigenvalue weighted by atomic mass is 10.1. The molecule has 1 aromatic heterocycles. The van der Waals surface area contributed by atoms with Gasteiger partial charge in [-0.2, -0.15) is 0 Å². The molecule has 1 atom stereocenters. The van der Waals surface area contributed by atoms with Crippen LogP contribution in [0.2, 0.25) is 0 Å². The highest BCUT2D eigenvalue weighted by Crippen LogP contribution is 2.16. The number of hydrogen-bond donors (Lipinski definition) is 1. The summed E-state index contributed by atoms with van der Waals surface area (Å²) in [6.07, 6.45) is 8.92. The fraction of sp³-hybridized carbons (Fsp3) is 0.318. The predicted octanol–water partition coefficient (Wildman–Crippen LogP) is 2.66. The molecule has 28 heavy (non-hydrogen) atoms. The predicted molar refractivity (Wildman–Crippen MR) is 107 cm³/mol. The maximum absolute atomic E-state index is 12.8. The normalized spacial score (nSPS) is 16.2. The molecule has 0 radical (unpaired) electrons. The molecule has 1 N–H and O–H groups in total. The van der Waals surface area contributed by atoms with E-state index in [9.17, 15) is 9.59 Å². The Bertz CT molecular complexity index is 813. The van der Waals surface area contributed by atoms with Gasteiger partial charge >= 0.3 is 0 Å². The second kappa shape index (κ2) is 9.80. The van der Waals surface area contributed by atoms with Crippen LogP contribution in [0.1, 0.15) is 34.3 Å². The molecule has 6 heteroatoms. The van der Waals surface area contributed by atoms with Gasteiger partial charge < -0.3 is 15.0 Å². The van der Waals surface area contributed by atoms with Gasteiger partial charge in [0.25, 0.3) is 5.91 Å². The number of aromatic nitrogens is 1. The first-order chi connectivity index (χ1) is 13.7. The van der Waals surface area contributed by atoms with Crippen LogP contribution in [0.15, 0.2) is 54.9 Å². The number of pyridine rings is 1. The number of amides is 2. The van der Waals surface area contributed by atoms with Gasteiger partial charge in [0.05, 0.1) is 6.10 Å². The summed E-state index contributed by atoms with van der Waals surface area (Å²) in [5.41, 5.74) is 2.43.